The molecule has 3 rings (SSSR count). The van der Waals surface area contributed by atoms with Gasteiger partial charge in [0.15, 0.2) is 0 Å². The maximum atomic E-state index is 11.0. The molecule has 2 N–H and O–H groups in total. The van der Waals surface area contributed by atoms with Gasteiger partial charge in [0.25, 0.3) is 0 Å². The molecule has 5 nitrogen and oxygen atoms in total. The number of rotatable bonds is 9. The fraction of sp³-hybridized carbons (Fsp3) is 0.227. The third kappa shape index (κ3) is 5.38. The normalized spacial score (nSPS) is 10.6. The highest BCUT2D eigenvalue weighted by molar-refractivity contribution is 5.87. The maximum absolute atomic E-state index is 11.0. The zero-order valence-electron chi connectivity index (χ0n) is 15.4. The lowest BCUT2D eigenvalue weighted by molar-refractivity contribution is 0.0686. The summed E-state index contributed by atoms with van der Waals surface area (Å²) in [6.45, 7) is 1.36. The Hall–Kier alpha value is -3.21. The van der Waals surface area contributed by atoms with Crippen LogP contribution in [0.3, 0.4) is 0 Å². The van der Waals surface area contributed by atoms with Gasteiger partial charge in [-0.25, -0.2) is 4.79 Å². The first-order valence-electron chi connectivity index (χ1n) is 9.01. The van der Waals surface area contributed by atoms with E-state index in [1.165, 1.54) is 5.56 Å². The van der Waals surface area contributed by atoms with Gasteiger partial charge in [-0.3, -0.25) is 0 Å². The number of hydrogen-bond acceptors (Lipinski definition) is 3. The molecule has 0 saturated carbocycles. The Labute approximate surface area is 159 Å². The quantitative estimate of drug-likeness (QED) is 0.554. The molecule has 1 heterocycles. The molecular formula is C22H24N2O3. The number of ether oxygens (including phenoxy) is 1. The van der Waals surface area contributed by atoms with E-state index in [4.69, 9.17) is 9.84 Å². The van der Waals surface area contributed by atoms with Crippen LogP contribution in [-0.2, 0) is 20.1 Å². The van der Waals surface area contributed by atoms with Crippen molar-refractivity contribution in [2.45, 2.75) is 19.4 Å². The molecule has 0 saturated heterocycles. The number of anilines is 1. The van der Waals surface area contributed by atoms with Crippen LogP contribution in [0.1, 0.15) is 28.0 Å². The number of aromatic nitrogens is 1. The van der Waals surface area contributed by atoms with Gasteiger partial charge in [-0.1, -0.05) is 42.5 Å². The lowest BCUT2D eigenvalue weighted by Gasteiger charge is -2.08. The van der Waals surface area contributed by atoms with Crippen molar-refractivity contribution in [2.75, 3.05) is 11.9 Å². The Morgan fingerprint density at radius 2 is 1.81 bits per heavy atom. The summed E-state index contributed by atoms with van der Waals surface area (Å²) in [7, 11) is 1.73. The van der Waals surface area contributed by atoms with Gasteiger partial charge in [0, 0.05) is 19.8 Å². The number of carbonyl (C=O) groups is 1. The fourth-order valence-corrected chi connectivity index (χ4v) is 2.89. The van der Waals surface area contributed by atoms with Crippen molar-refractivity contribution in [3.8, 4) is 5.75 Å². The molecule has 0 aliphatic heterocycles. The minimum Gasteiger partial charge on any atom is -0.489 e. The Morgan fingerprint density at radius 1 is 1.07 bits per heavy atom. The van der Waals surface area contributed by atoms with E-state index < -0.39 is 5.97 Å². The monoisotopic (exact) mass is 364 g/mol. The van der Waals surface area contributed by atoms with E-state index in [0.29, 0.717) is 6.61 Å². The van der Waals surface area contributed by atoms with Crippen LogP contribution in [-0.4, -0.2) is 22.2 Å². The minimum absolute atomic E-state index is 0.281. The van der Waals surface area contributed by atoms with Gasteiger partial charge in [0.1, 0.15) is 18.1 Å². The zero-order chi connectivity index (χ0) is 19.1. The number of carboxylic acids is 1. The predicted octanol–water partition coefficient (Wildman–Crippen LogP) is 4.35. The zero-order valence-corrected chi connectivity index (χ0v) is 15.4. The van der Waals surface area contributed by atoms with Crippen LogP contribution in [0.5, 0.6) is 5.75 Å². The lowest BCUT2D eigenvalue weighted by Crippen LogP contribution is -2.02. The molecule has 0 radical (unpaired) electrons. The van der Waals surface area contributed by atoms with E-state index >= 15 is 0 Å². The standard InChI is InChI=1S/C22H24N2O3/c1-24-15-19(14-21(24)22(25)26)23-13-5-8-17-9-11-20(12-10-17)27-16-18-6-3-2-4-7-18/h2-4,6-7,9-12,14-15,23H,5,8,13,16H2,1H3,(H,25,26). The van der Waals surface area contributed by atoms with E-state index in [2.05, 4.69) is 17.4 Å². The highest BCUT2D eigenvalue weighted by Crippen LogP contribution is 2.16. The van der Waals surface area contributed by atoms with Gasteiger partial charge in [-0.2, -0.15) is 0 Å². The number of aryl methyl sites for hydroxylation is 2. The van der Waals surface area contributed by atoms with Crippen LogP contribution < -0.4 is 10.1 Å². The van der Waals surface area contributed by atoms with Gasteiger partial charge >= 0.3 is 5.97 Å². The second-order valence-corrected chi connectivity index (χ2v) is 6.48. The van der Waals surface area contributed by atoms with Gasteiger partial charge in [-0.15, -0.1) is 0 Å². The van der Waals surface area contributed by atoms with Gasteiger partial charge in [-0.05, 0) is 42.2 Å². The molecule has 2 aromatic carbocycles. The molecule has 3 aromatic rings. The van der Waals surface area contributed by atoms with Gasteiger partial charge in [0.2, 0.25) is 0 Å². The van der Waals surface area contributed by atoms with Crippen LogP contribution >= 0.6 is 0 Å². The highest BCUT2D eigenvalue weighted by atomic mass is 16.5. The first-order chi connectivity index (χ1) is 13.1. The molecule has 0 amide bonds. The largest absolute Gasteiger partial charge is 0.489 e. The molecule has 0 bridgehead atoms. The molecule has 27 heavy (non-hydrogen) atoms. The predicted molar refractivity (Wildman–Crippen MR) is 106 cm³/mol. The second kappa shape index (κ2) is 8.94. The summed E-state index contributed by atoms with van der Waals surface area (Å²) in [6, 6.07) is 19.9. The van der Waals surface area contributed by atoms with Crippen molar-refractivity contribution < 1.29 is 14.6 Å². The molecule has 0 aliphatic carbocycles. The van der Waals surface area contributed by atoms with Crippen molar-refractivity contribution in [2.24, 2.45) is 7.05 Å². The summed E-state index contributed by atoms with van der Waals surface area (Å²) < 4.78 is 7.41. The van der Waals surface area contributed by atoms with Gasteiger partial charge < -0.3 is 19.7 Å². The summed E-state index contributed by atoms with van der Waals surface area (Å²) >= 11 is 0. The number of nitrogens with zero attached hydrogens (tertiary/aromatic N) is 1. The lowest BCUT2D eigenvalue weighted by atomic mass is 10.1. The van der Waals surface area contributed by atoms with Crippen LogP contribution in [0, 0.1) is 0 Å². The van der Waals surface area contributed by atoms with Crippen LogP contribution in [0.4, 0.5) is 5.69 Å². The molecule has 0 fully saturated rings. The molecule has 0 aliphatic rings. The number of carboxylic acid groups (broad SMARTS) is 1. The van der Waals surface area contributed by atoms with E-state index in [0.717, 1.165) is 36.4 Å². The van der Waals surface area contributed by atoms with Crippen LogP contribution in [0.25, 0.3) is 0 Å². The van der Waals surface area contributed by atoms with Crippen molar-refractivity contribution in [3.05, 3.63) is 83.7 Å². The Balaban J connectivity index is 1.41. The Kier molecular flexibility index (Phi) is 6.15. The van der Waals surface area contributed by atoms with Crippen molar-refractivity contribution >= 4 is 11.7 Å². The third-order valence-corrected chi connectivity index (χ3v) is 4.37. The van der Waals surface area contributed by atoms with E-state index in [1.54, 1.807) is 23.9 Å². The maximum Gasteiger partial charge on any atom is 0.352 e. The summed E-state index contributed by atoms with van der Waals surface area (Å²) in [6.07, 6.45) is 3.70. The second-order valence-electron chi connectivity index (χ2n) is 6.48. The van der Waals surface area contributed by atoms with Gasteiger partial charge in [0.05, 0.1) is 5.69 Å². The van der Waals surface area contributed by atoms with E-state index in [-0.39, 0.29) is 5.69 Å². The molecule has 1 aromatic heterocycles. The van der Waals surface area contributed by atoms with E-state index in [1.807, 2.05) is 42.5 Å². The minimum atomic E-state index is -0.917. The summed E-state index contributed by atoms with van der Waals surface area (Å²) in [5, 5.41) is 12.3. The van der Waals surface area contributed by atoms with Crippen molar-refractivity contribution in [1.82, 2.24) is 4.57 Å². The smallest absolute Gasteiger partial charge is 0.352 e. The summed E-state index contributed by atoms with van der Waals surface area (Å²) in [5.74, 6) is -0.0497. The Bertz CT molecular complexity index is 870. The molecule has 0 unspecified atom stereocenters. The number of hydrogen-bond donors (Lipinski definition) is 2. The SMILES string of the molecule is Cn1cc(NCCCc2ccc(OCc3ccccc3)cc2)cc1C(=O)O. The van der Waals surface area contributed by atoms with E-state index in [9.17, 15) is 4.79 Å². The highest BCUT2D eigenvalue weighted by Gasteiger charge is 2.09. The Morgan fingerprint density at radius 3 is 2.48 bits per heavy atom. The molecule has 140 valence electrons. The molecule has 0 atom stereocenters. The molecule has 0 spiro atoms. The first-order valence-corrected chi connectivity index (χ1v) is 9.01. The average Bonchev–Trinajstić information content (AvgIpc) is 3.06. The van der Waals surface area contributed by atoms with Crippen molar-refractivity contribution in [3.63, 3.8) is 0 Å². The number of nitrogens with one attached hydrogen (secondary N) is 1. The fourth-order valence-electron chi connectivity index (χ4n) is 2.89. The molecular weight excluding hydrogens is 340 g/mol. The average molecular weight is 364 g/mol. The molecule has 5 heteroatoms. The number of benzene rings is 2. The summed E-state index contributed by atoms with van der Waals surface area (Å²) in [5.41, 5.74) is 3.52. The topological polar surface area (TPSA) is 63.5 Å². The first kappa shape index (κ1) is 18.6. The summed E-state index contributed by atoms with van der Waals surface area (Å²) in [4.78, 5) is 11.0. The third-order valence-electron chi connectivity index (χ3n) is 4.37. The van der Waals surface area contributed by atoms with Crippen molar-refractivity contribution in [1.29, 1.82) is 0 Å². The van der Waals surface area contributed by atoms with Crippen LogP contribution in [0.2, 0.25) is 0 Å². The number of aromatic carboxylic acids is 1. The van der Waals surface area contributed by atoms with Crippen LogP contribution in [0.15, 0.2) is 66.9 Å².